The van der Waals surface area contributed by atoms with Crippen LogP contribution < -0.4 is 10.9 Å². The summed E-state index contributed by atoms with van der Waals surface area (Å²) in [4.78, 5) is 25.6. The number of carbonyl (C=O) groups excluding carboxylic acids is 1. The topological polar surface area (TPSA) is 64.0 Å². The second-order valence-corrected chi connectivity index (χ2v) is 7.44. The average molecular weight is 375 g/mol. The Labute approximate surface area is 164 Å². The number of fused-ring (bicyclic) bond motifs is 2. The first-order valence-corrected chi connectivity index (χ1v) is 10.0. The van der Waals surface area contributed by atoms with Gasteiger partial charge in [0.1, 0.15) is 0 Å². The van der Waals surface area contributed by atoms with Gasteiger partial charge in [-0.05, 0) is 30.0 Å². The van der Waals surface area contributed by atoms with E-state index in [0.29, 0.717) is 35.5 Å². The van der Waals surface area contributed by atoms with Crippen molar-refractivity contribution >= 4 is 16.7 Å². The highest BCUT2D eigenvalue weighted by atomic mass is 16.2. The van der Waals surface area contributed by atoms with Crippen molar-refractivity contribution < 1.29 is 4.79 Å². The van der Waals surface area contributed by atoms with Gasteiger partial charge in [-0.15, -0.1) is 0 Å². The lowest BCUT2D eigenvalue weighted by atomic mass is 9.77. The second kappa shape index (κ2) is 7.97. The van der Waals surface area contributed by atoms with E-state index in [2.05, 4.69) is 29.5 Å². The molecule has 5 nitrogen and oxygen atoms in total. The molecular formula is C23H25N3O2. The van der Waals surface area contributed by atoms with Crippen molar-refractivity contribution in [3.05, 3.63) is 75.7 Å². The van der Waals surface area contributed by atoms with Gasteiger partial charge in [0.15, 0.2) is 5.69 Å². The van der Waals surface area contributed by atoms with Gasteiger partial charge in [-0.2, -0.15) is 5.10 Å². The smallest absolute Gasteiger partial charge is 0.274 e. The first-order chi connectivity index (χ1) is 13.7. The zero-order valence-electron chi connectivity index (χ0n) is 16.1. The van der Waals surface area contributed by atoms with Crippen LogP contribution in [0.5, 0.6) is 0 Å². The molecule has 1 aliphatic rings. The summed E-state index contributed by atoms with van der Waals surface area (Å²) in [5, 5.41) is 8.63. The largest absolute Gasteiger partial charge is 0.350 e. The van der Waals surface area contributed by atoms with Crippen molar-refractivity contribution in [2.24, 2.45) is 0 Å². The first-order valence-electron chi connectivity index (χ1n) is 10.0. The molecule has 0 saturated carbocycles. The summed E-state index contributed by atoms with van der Waals surface area (Å²) in [6.07, 6.45) is 3.96. The predicted molar refractivity (Wildman–Crippen MR) is 111 cm³/mol. The molecule has 0 spiro atoms. The highest BCUT2D eigenvalue weighted by Gasteiger charge is 2.26. The normalized spacial score (nSPS) is 15.1. The molecule has 2 aromatic carbocycles. The minimum atomic E-state index is -0.218. The molecule has 1 heterocycles. The Balaban J connectivity index is 1.57. The minimum Gasteiger partial charge on any atom is -0.350 e. The maximum absolute atomic E-state index is 12.9. The third-order valence-electron chi connectivity index (χ3n) is 5.53. The van der Waals surface area contributed by atoms with Crippen molar-refractivity contribution in [3.8, 4) is 0 Å². The number of carbonyl (C=O) groups is 1. The third-order valence-corrected chi connectivity index (χ3v) is 5.53. The monoisotopic (exact) mass is 375 g/mol. The van der Waals surface area contributed by atoms with Crippen LogP contribution in [0.25, 0.3) is 10.8 Å². The molecule has 1 amide bonds. The Morgan fingerprint density at radius 1 is 1.11 bits per heavy atom. The number of benzene rings is 2. The Hall–Kier alpha value is -2.95. The average Bonchev–Trinajstić information content (AvgIpc) is 2.70. The van der Waals surface area contributed by atoms with E-state index in [1.54, 1.807) is 12.1 Å². The van der Waals surface area contributed by atoms with E-state index in [4.69, 9.17) is 0 Å². The second-order valence-electron chi connectivity index (χ2n) is 7.44. The van der Waals surface area contributed by atoms with Crippen LogP contribution in [0.3, 0.4) is 0 Å². The van der Waals surface area contributed by atoms with Crippen LogP contribution in [0.4, 0.5) is 0 Å². The van der Waals surface area contributed by atoms with Crippen LogP contribution in [0, 0.1) is 0 Å². The number of unbranched alkanes of at least 4 members (excludes halogenated alkanes) is 2. The van der Waals surface area contributed by atoms with Crippen molar-refractivity contribution in [2.45, 2.75) is 45.1 Å². The standard InChI is InChI=1S/C23H25N3O2/c1-2-3-8-13-26-23(28)20-12-7-6-11-19(20)21(25-26)22(27)24-15-17-14-16-9-4-5-10-18(16)17/h4-7,9-12,17H,2-3,8,13-15H2,1H3,(H,24,27)/t17-/m1/s1. The molecular weight excluding hydrogens is 350 g/mol. The molecule has 4 rings (SSSR count). The predicted octanol–water partition coefficient (Wildman–Crippen LogP) is 3.66. The van der Waals surface area contributed by atoms with E-state index in [-0.39, 0.29) is 11.5 Å². The Kier molecular flexibility index (Phi) is 5.24. The van der Waals surface area contributed by atoms with Gasteiger partial charge in [0, 0.05) is 24.4 Å². The number of nitrogens with zero attached hydrogens (tertiary/aromatic N) is 2. The SMILES string of the molecule is CCCCCn1nc(C(=O)NC[C@H]2Cc3ccccc32)c2ccccc2c1=O. The molecule has 5 heteroatoms. The third kappa shape index (κ3) is 3.44. The molecule has 28 heavy (non-hydrogen) atoms. The highest BCUT2D eigenvalue weighted by molar-refractivity contribution is 6.04. The lowest BCUT2D eigenvalue weighted by molar-refractivity contribution is 0.0944. The van der Waals surface area contributed by atoms with Gasteiger partial charge >= 0.3 is 0 Å². The fraction of sp³-hybridized carbons (Fsp3) is 0.348. The van der Waals surface area contributed by atoms with Crippen LogP contribution in [0.1, 0.15) is 53.7 Å². The summed E-state index contributed by atoms with van der Waals surface area (Å²) < 4.78 is 1.45. The summed E-state index contributed by atoms with van der Waals surface area (Å²) in [5.74, 6) is 0.131. The van der Waals surface area contributed by atoms with Gasteiger partial charge in [0.05, 0.1) is 5.39 Å². The number of rotatable bonds is 7. The van der Waals surface area contributed by atoms with Gasteiger partial charge in [-0.3, -0.25) is 9.59 Å². The van der Waals surface area contributed by atoms with Crippen LogP contribution in [0.15, 0.2) is 53.3 Å². The Morgan fingerprint density at radius 2 is 1.86 bits per heavy atom. The Bertz CT molecular complexity index is 1070. The number of aromatic nitrogens is 2. The zero-order chi connectivity index (χ0) is 19.5. The van der Waals surface area contributed by atoms with Gasteiger partial charge in [0.2, 0.25) is 0 Å². The molecule has 1 atom stereocenters. The van der Waals surface area contributed by atoms with Gasteiger partial charge < -0.3 is 5.32 Å². The van der Waals surface area contributed by atoms with Crippen LogP contribution in [0.2, 0.25) is 0 Å². The van der Waals surface area contributed by atoms with Crippen LogP contribution in [-0.4, -0.2) is 22.2 Å². The van der Waals surface area contributed by atoms with E-state index < -0.39 is 0 Å². The van der Waals surface area contributed by atoms with Crippen molar-refractivity contribution in [1.29, 1.82) is 0 Å². The summed E-state index contributed by atoms with van der Waals surface area (Å²) in [5.41, 5.74) is 2.87. The molecule has 0 aliphatic heterocycles. The molecule has 0 fully saturated rings. The van der Waals surface area contributed by atoms with E-state index in [1.807, 2.05) is 24.3 Å². The van der Waals surface area contributed by atoms with Gasteiger partial charge in [0.25, 0.3) is 11.5 Å². The maximum atomic E-state index is 12.9. The number of hydrogen-bond acceptors (Lipinski definition) is 3. The molecule has 0 unspecified atom stereocenters. The highest BCUT2D eigenvalue weighted by Crippen LogP contribution is 2.34. The molecule has 0 radical (unpaired) electrons. The molecule has 1 aromatic heterocycles. The molecule has 1 aliphatic carbocycles. The molecule has 0 bridgehead atoms. The van der Waals surface area contributed by atoms with Gasteiger partial charge in [-0.1, -0.05) is 62.2 Å². The summed E-state index contributed by atoms with van der Waals surface area (Å²) in [7, 11) is 0. The van der Waals surface area contributed by atoms with Gasteiger partial charge in [-0.25, -0.2) is 4.68 Å². The van der Waals surface area contributed by atoms with E-state index in [1.165, 1.54) is 15.8 Å². The lowest BCUT2D eigenvalue weighted by Crippen LogP contribution is -2.35. The number of nitrogens with one attached hydrogen (secondary N) is 1. The fourth-order valence-electron chi connectivity index (χ4n) is 3.91. The first kappa shape index (κ1) is 18.4. The Morgan fingerprint density at radius 3 is 2.64 bits per heavy atom. The quantitative estimate of drug-likeness (QED) is 0.641. The van der Waals surface area contributed by atoms with Crippen molar-refractivity contribution in [1.82, 2.24) is 15.1 Å². The van der Waals surface area contributed by atoms with E-state index in [9.17, 15) is 9.59 Å². The fourth-order valence-corrected chi connectivity index (χ4v) is 3.91. The maximum Gasteiger partial charge on any atom is 0.274 e. The number of aryl methyl sites for hydroxylation is 1. The zero-order valence-corrected chi connectivity index (χ0v) is 16.1. The van der Waals surface area contributed by atoms with Crippen LogP contribution in [-0.2, 0) is 13.0 Å². The van der Waals surface area contributed by atoms with E-state index >= 15 is 0 Å². The molecule has 0 saturated heterocycles. The lowest BCUT2D eigenvalue weighted by Gasteiger charge is -2.30. The van der Waals surface area contributed by atoms with Crippen molar-refractivity contribution in [2.75, 3.05) is 6.54 Å². The van der Waals surface area contributed by atoms with E-state index in [0.717, 1.165) is 25.7 Å². The molecule has 1 N–H and O–H groups in total. The number of hydrogen-bond donors (Lipinski definition) is 1. The summed E-state index contributed by atoms with van der Waals surface area (Å²) in [6, 6.07) is 15.6. The minimum absolute atomic E-state index is 0.129. The summed E-state index contributed by atoms with van der Waals surface area (Å²) >= 11 is 0. The van der Waals surface area contributed by atoms with Crippen LogP contribution >= 0.6 is 0 Å². The summed E-state index contributed by atoms with van der Waals surface area (Å²) in [6.45, 7) is 3.24. The van der Waals surface area contributed by atoms with Crippen molar-refractivity contribution in [3.63, 3.8) is 0 Å². The number of amides is 1. The molecule has 144 valence electrons. The molecule has 3 aromatic rings.